The summed E-state index contributed by atoms with van der Waals surface area (Å²) in [4.78, 5) is 2.45. The molecule has 0 saturated carbocycles. The Morgan fingerprint density at radius 1 is 0.931 bits per heavy atom. The summed E-state index contributed by atoms with van der Waals surface area (Å²) < 4.78 is 14.4. The minimum absolute atomic E-state index is 0.938. The molecule has 0 bridgehead atoms. The van der Waals surface area contributed by atoms with Gasteiger partial charge in [0.2, 0.25) is 5.69 Å². The molecule has 138 valence electrons. The molecule has 0 atom stereocenters. The number of pyridine rings is 1. The quantitative estimate of drug-likeness (QED) is 0.267. The van der Waals surface area contributed by atoms with Gasteiger partial charge in [-0.15, -0.1) is 0 Å². The Bertz CT molecular complexity index is 1650. The van der Waals surface area contributed by atoms with Gasteiger partial charge >= 0.3 is 0 Å². The molecule has 1 aliphatic heterocycles. The average molecular weight is 394 g/mol. The van der Waals surface area contributed by atoms with Gasteiger partial charge in [-0.1, -0.05) is 30.0 Å². The van der Waals surface area contributed by atoms with Gasteiger partial charge in [0.15, 0.2) is 6.20 Å². The number of hydrogen-bond donors (Lipinski definition) is 0. The van der Waals surface area contributed by atoms with Crippen LogP contribution in [0.2, 0.25) is 0 Å². The molecule has 0 aliphatic carbocycles. The van der Waals surface area contributed by atoms with Crippen molar-refractivity contribution < 1.29 is 13.4 Å². The van der Waals surface area contributed by atoms with E-state index < -0.39 is 0 Å². The Morgan fingerprint density at radius 3 is 2.76 bits per heavy atom. The number of benzene rings is 3. The van der Waals surface area contributed by atoms with Gasteiger partial charge in [-0.3, -0.25) is 0 Å². The van der Waals surface area contributed by atoms with E-state index in [9.17, 15) is 0 Å². The largest absolute Gasteiger partial charge is 0.464 e. The second-order valence-electron chi connectivity index (χ2n) is 7.74. The third-order valence-corrected chi connectivity index (χ3v) is 7.25. The van der Waals surface area contributed by atoms with E-state index in [1.807, 2.05) is 30.0 Å². The van der Waals surface area contributed by atoms with Crippen molar-refractivity contribution in [2.45, 2.75) is 16.7 Å². The molecule has 0 radical (unpaired) electrons. The molecule has 0 amide bonds. The summed E-state index contributed by atoms with van der Waals surface area (Å²) in [6, 6.07) is 17.1. The van der Waals surface area contributed by atoms with Crippen LogP contribution >= 0.6 is 11.8 Å². The van der Waals surface area contributed by atoms with E-state index in [0.717, 1.165) is 22.1 Å². The lowest BCUT2D eigenvalue weighted by molar-refractivity contribution is -0.659. The summed E-state index contributed by atoms with van der Waals surface area (Å²) in [6.45, 7) is 2.16. The fourth-order valence-corrected chi connectivity index (χ4v) is 6.12. The van der Waals surface area contributed by atoms with Crippen LogP contribution in [-0.2, 0) is 7.05 Å². The van der Waals surface area contributed by atoms with Crippen molar-refractivity contribution in [3.8, 4) is 11.3 Å². The van der Waals surface area contributed by atoms with Crippen molar-refractivity contribution in [2.24, 2.45) is 7.05 Å². The summed E-state index contributed by atoms with van der Waals surface area (Å²) in [5.74, 6) is 0. The molecule has 0 spiro atoms. The number of para-hydroxylation sites is 1. The van der Waals surface area contributed by atoms with Crippen molar-refractivity contribution in [3.05, 3.63) is 66.6 Å². The van der Waals surface area contributed by atoms with Crippen LogP contribution in [0.25, 0.3) is 54.9 Å². The fraction of sp³-hybridized carbons (Fsp3) is 0.0800. The SMILES string of the molecule is Cc1c2c(cc3ccoc13)Sc1c3oc4ccccc4c3cc3cc[n+](C)c-2c13. The van der Waals surface area contributed by atoms with Crippen LogP contribution in [0.3, 0.4) is 0 Å². The normalized spacial score (nSPS) is 13.0. The van der Waals surface area contributed by atoms with E-state index >= 15 is 0 Å². The molecule has 0 fully saturated rings. The first-order valence-electron chi connectivity index (χ1n) is 9.66. The van der Waals surface area contributed by atoms with Gasteiger partial charge in [-0.2, -0.15) is 0 Å². The highest BCUT2D eigenvalue weighted by atomic mass is 32.2. The molecule has 4 heterocycles. The second-order valence-corrected chi connectivity index (χ2v) is 8.79. The zero-order chi connectivity index (χ0) is 19.3. The van der Waals surface area contributed by atoms with Crippen molar-refractivity contribution in [2.75, 3.05) is 0 Å². The van der Waals surface area contributed by atoms with Gasteiger partial charge in [-0.25, -0.2) is 4.57 Å². The maximum atomic E-state index is 6.38. The highest BCUT2D eigenvalue weighted by molar-refractivity contribution is 8.00. The van der Waals surface area contributed by atoms with Crippen molar-refractivity contribution >= 4 is 55.4 Å². The fourth-order valence-electron chi connectivity index (χ4n) is 4.80. The third-order valence-electron chi connectivity index (χ3n) is 6.12. The molecule has 0 unspecified atom stereocenters. The highest BCUT2D eigenvalue weighted by Crippen LogP contribution is 2.52. The average Bonchev–Trinajstić information content (AvgIpc) is 3.35. The maximum Gasteiger partial charge on any atom is 0.223 e. The molecule has 4 heteroatoms. The predicted molar refractivity (Wildman–Crippen MR) is 116 cm³/mol. The minimum Gasteiger partial charge on any atom is -0.464 e. The van der Waals surface area contributed by atoms with E-state index in [4.69, 9.17) is 8.83 Å². The summed E-state index contributed by atoms with van der Waals surface area (Å²) >= 11 is 1.81. The van der Waals surface area contributed by atoms with Crippen LogP contribution in [0.5, 0.6) is 0 Å². The second kappa shape index (κ2) is 5.22. The van der Waals surface area contributed by atoms with E-state index in [2.05, 4.69) is 55.1 Å². The molecule has 6 aromatic rings. The Morgan fingerprint density at radius 2 is 1.83 bits per heavy atom. The van der Waals surface area contributed by atoms with Crippen LogP contribution < -0.4 is 4.57 Å². The zero-order valence-electron chi connectivity index (χ0n) is 15.9. The lowest BCUT2D eigenvalue weighted by Gasteiger charge is -2.20. The Balaban J connectivity index is 1.73. The maximum absolute atomic E-state index is 6.38. The van der Waals surface area contributed by atoms with Crippen LogP contribution in [0.4, 0.5) is 0 Å². The minimum atomic E-state index is 0.938. The summed E-state index contributed by atoms with van der Waals surface area (Å²) in [5.41, 5.74) is 6.56. The summed E-state index contributed by atoms with van der Waals surface area (Å²) in [5, 5.41) is 5.99. The lowest BCUT2D eigenvalue weighted by Crippen LogP contribution is -2.31. The zero-order valence-corrected chi connectivity index (χ0v) is 16.8. The number of hydrogen-bond acceptors (Lipinski definition) is 3. The number of nitrogens with zero attached hydrogens (tertiary/aromatic N) is 1. The highest BCUT2D eigenvalue weighted by Gasteiger charge is 2.32. The standard InChI is InChI=1S/C25H16NO2S/c1-13-20-19(12-15-8-10-27-23(13)15)29-25-21-14(7-9-26(2)22(20)21)11-17-16-5-3-4-6-18(16)28-24(17)25/h3-12H,1-2H3/q+1. The Hall–Kier alpha value is -3.24. The Kier molecular flexibility index (Phi) is 2.82. The van der Waals surface area contributed by atoms with Crippen LogP contribution in [0.1, 0.15) is 5.56 Å². The number of aromatic nitrogens is 1. The molecule has 0 saturated heterocycles. The van der Waals surface area contributed by atoms with Gasteiger partial charge in [0, 0.05) is 32.7 Å². The molecule has 3 aromatic carbocycles. The predicted octanol–water partition coefficient (Wildman–Crippen LogP) is 6.75. The van der Waals surface area contributed by atoms with Crippen LogP contribution in [0, 0.1) is 6.92 Å². The van der Waals surface area contributed by atoms with Crippen LogP contribution in [-0.4, -0.2) is 0 Å². The summed E-state index contributed by atoms with van der Waals surface area (Å²) in [7, 11) is 2.12. The number of furan rings is 2. The monoisotopic (exact) mass is 394 g/mol. The number of aryl methyl sites for hydroxylation is 2. The first-order valence-corrected chi connectivity index (χ1v) is 10.5. The number of fused-ring (bicyclic) bond motifs is 7. The topological polar surface area (TPSA) is 30.2 Å². The van der Waals surface area contributed by atoms with Gasteiger partial charge in [0.1, 0.15) is 23.8 Å². The molecular formula is C25H16NO2S+. The van der Waals surface area contributed by atoms with E-state index in [1.54, 1.807) is 6.26 Å². The molecule has 3 nitrogen and oxygen atoms in total. The third kappa shape index (κ3) is 1.87. The molecular weight excluding hydrogens is 378 g/mol. The van der Waals surface area contributed by atoms with Crippen molar-refractivity contribution in [3.63, 3.8) is 0 Å². The lowest BCUT2D eigenvalue weighted by atomic mass is 9.96. The number of rotatable bonds is 0. The molecule has 29 heavy (non-hydrogen) atoms. The van der Waals surface area contributed by atoms with Gasteiger partial charge in [0.25, 0.3) is 0 Å². The Labute approximate surface area is 170 Å². The van der Waals surface area contributed by atoms with Crippen LogP contribution in [0.15, 0.2) is 79.6 Å². The summed E-state index contributed by atoms with van der Waals surface area (Å²) in [6.07, 6.45) is 3.93. The van der Waals surface area contributed by atoms with Gasteiger partial charge in [-0.05, 0) is 36.6 Å². The first-order chi connectivity index (χ1) is 14.2. The molecule has 1 aliphatic rings. The van der Waals surface area contributed by atoms with Gasteiger partial charge < -0.3 is 8.83 Å². The van der Waals surface area contributed by atoms with Gasteiger partial charge in [0.05, 0.1) is 22.1 Å². The smallest absolute Gasteiger partial charge is 0.223 e. The molecule has 7 rings (SSSR count). The van der Waals surface area contributed by atoms with E-state index in [1.165, 1.54) is 48.2 Å². The van der Waals surface area contributed by atoms with E-state index in [-0.39, 0.29) is 0 Å². The molecule has 3 aromatic heterocycles. The van der Waals surface area contributed by atoms with E-state index in [0.29, 0.717) is 0 Å². The van der Waals surface area contributed by atoms with Crippen molar-refractivity contribution in [1.82, 2.24) is 0 Å². The first kappa shape index (κ1) is 15.7. The van der Waals surface area contributed by atoms with Crippen molar-refractivity contribution in [1.29, 1.82) is 0 Å². The molecule has 0 N–H and O–H groups in total.